The Bertz CT molecular complexity index is 350. The minimum atomic E-state index is 0.206. The Morgan fingerprint density at radius 2 is 2.24 bits per heavy atom. The van der Waals surface area contributed by atoms with Crippen LogP contribution in [0, 0.1) is 5.92 Å². The topological polar surface area (TPSA) is 59.3 Å². The zero-order chi connectivity index (χ0) is 12.8. The van der Waals surface area contributed by atoms with E-state index in [9.17, 15) is 0 Å². The van der Waals surface area contributed by atoms with Crippen molar-refractivity contribution in [3.63, 3.8) is 0 Å². The van der Waals surface area contributed by atoms with E-state index < -0.39 is 0 Å². The molecule has 0 radical (unpaired) electrons. The quantitative estimate of drug-likeness (QED) is 0.738. The van der Waals surface area contributed by atoms with Gasteiger partial charge in [0.1, 0.15) is 0 Å². The number of nitrogens with zero attached hydrogens (tertiary/aromatic N) is 2. The van der Waals surface area contributed by atoms with Crippen molar-refractivity contribution in [2.24, 2.45) is 13.0 Å². The average Bonchev–Trinajstić information content (AvgIpc) is 2.64. The lowest BCUT2D eigenvalue weighted by atomic mass is 10.1. The number of aryl methyl sites for hydroxylation is 2. The van der Waals surface area contributed by atoms with Crippen LogP contribution < -0.4 is 10.1 Å². The Labute approximate surface area is 103 Å². The van der Waals surface area contributed by atoms with Crippen LogP contribution in [-0.4, -0.2) is 35.1 Å². The lowest BCUT2D eigenvalue weighted by Gasteiger charge is -2.10. The van der Waals surface area contributed by atoms with Crippen molar-refractivity contribution in [2.75, 3.05) is 20.3 Å². The highest BCUT2D eigenvalue weighted by Gasteiger charge is 2.15. The first kappa shape index (κ1) is 14.0. The molecule has 0 fully saturated rings. The summed E-state index contributed by atoms with van der Waals surface area (Å²) in [4.78, 5) is 0. The maximum atomic E-state index is 8.96. The first-order valence-corrected chi connectivity index (χ1v) is 6.04. The van der Waals surface area contributed by atoms with E-state index in [1.165, 1.54) is 0 Å². The third-order valence-electron chi connectivity index (χ3n) is 2.81. The van der Waals surface area contributed by atoms with Gasteiger partial charge in [-0.1, -0.05) is 13.8 Å². The molecule has 0 bridgehead atoms. The summed E-state index contributed by atoms with van der Waals surface area (Å²) in [6.07, 6.45) is 0.893. The van der Waals surface area contributed by atoms with Crippen LogP contribution >= 0.6 is 0 Å². The minimum absolute atomic E-state index is 0.206. The SMILES string of the molecule is CCc1nn(C)c(OC)c1CNCC(C)CO. The minimum Gasteiger partial charge on any atom is -0.481 e. The second-order valence-corrected chi connectivity index (χ2v) is 4.33. The first-order valence-electron chi connectivity index (χ1n) is 6.04. The van der Waals surface area contributed by atoms with Gasteiger partial charge in [0.25, 0.3) is 0 Å². The van der Waals surface area contributed by atoms with Gasteiger partial charge in [0.15, 0.2) is 0 Å². The molecule has 1 atom stereocenters. The van der Waals surface area contributed by atoms with Gasteiger partial charge in [0, 0.05) is 26.7 Å². The van der Waals surface area contributed by atoms with E-state index in [2.05, 4.69) is 17.3 Å². The van der Waals surface area contributed by atoms with Crippen LogP contribution in [0.4, 0.5) is 0 Å². The number of aliphatic hydroxyl groups excluding tert-OH is 1. The van der Waals surface area contributed by atoms with Gasteiger partial charge in [0.05, 0.1) is 18.4 Å². The van der Waals surface area contributed by atoms with E-state index in [4.69, 9.17) is 9.84 Å². The van der Waals surface area contributed by atoms with Gasteiger partial charge in [-0.15, -0.1) is 0 Å². The Kier molecular flexibility index (Phi) is 5.44. The molecule has 17 heavy (non-hydrogen) atoms. The van der Waals surface area contributed by atoms with Crippen molar-refractivity contribution in [1.82, 2.24) is 15.1 Å². The van der Waals surface area contributed by atoms with Crippen molar-refractivity contribution in [3.05, 3.63) is 11.3 Å². The summed E-state index contributed by atoms with van der Waals surface area (Å²) in [5.41, 5.74) is 2.18. The summed E-state index contributed by atoms with van der Waals surface area (Å²) < 4.78 is 7.12. The lowest BCUT2D eigenvalue weighted by Crippen LogP contribution is -2.23. The largest absolute Gasteiger partial charge is 0.481 e. The summed E-state index contributed by atoms with van der Waals surface area (Å²) in [5.74, 6) is 1.08. The zero-order valence-electron chi connectivity index (χ0n) is 11.2. The number of methoxy groups -OCH3 is 1. The van der Waals surface area contributed by atoms with Gasteiger partial charge in [-0.3, -0.25) is 0 Å². The third-order valence-corrected chi connectivity index (χ3v) is 2.81. The molecule has 0 aliphatic rings. The molecule has 1 aromatic heterocycles. The van der Waals surface area contributed by atoms with Crippen LogP contribution in [0.25, 0.3) is 0 Å². The molecule has 2 N–H and O–H groups in total. The number of aliphatic hydroxyl groups is 1. The molecule has 1 unspecified atom stereocenters. The second-order valence-electron chi connectivity index (χ2n) is 4.33. The van der Waals surface area contributed by atoms with Crippen LogP contribution in [0.5, 0.6) is 5.88 Å². The fourth-order valence-corrected chi connectivity index (χ4v) is 1.83. The number of ether oxygens (including phenoxy) is 1. The van der Waals surface area contributed by atoms with Crippen LogP contribution in [0.3, 0.4) is 0 Å². The molecule has 1 aromatic rings. The van der Waals surface area contributed by atoms with Gasteiger partial charge >= 0.3 is 0 Å². The highest BCUT2D eigenvalue weighted by atomic mass is 16.5. The number of hydrogen-bond acceptors (Lipinski definition) is 4. The molecule has 0 spiro atoms. The highest BCUT2D eigenvalue weighted by molar-refractivity contribution is 5.31. The van der Waals surface area contributed by atoms with E-state index in [-0.39, 0.29) is 12.5 Å². The van der Waals surface area contributed by atoms with E-state index in [1.54, 1.807) is 11.8 Å². The summed E-state index contributed by atoms with van der Waals surface area (Å²) in [6, 6.07) is 0. The molecule has 0 saturated heterocycles. The fraction of sp³-hybridized carbons (Fsp3) is 0.750. The number of rotatable bonds is 7. The molecule has 0 aliphatic carbocycles. The molecule has 1 rings (SSSR count). The second kappa shape index (κ2) is 6.61. The molecule has 0 aromatic carbocycles. The van der Waals surface area contributed by atoms with Crippen LogP contribution in [0.1, 0.15) is 25.1 Å². The highest BCUT2D eigenvalue weighted by Crippen LogP contribution is 2.21. The summed E-state index contributed by atoms with van der Waals surface area (Å²) in [6.45, 7) is 5.82. The van der Waals surface area contributed by atoms with Gasteiger partial charge in [-0.2, -0.15) is 5.10 Å². The standard InChI is InChI=1S/C12H23N3O2/c1-5-11-10(7-13-6-9(2)8-16)12(17-4)15(3)14-11/h9,13,16H,5-8H2,1-4H3. The van der Waals surface area contributed by atoms with Crippen molar-refractivity contribution < 1.29 is 9.84 Å². The normalized spacial score (nSPS) is 12.8. The predicted octanol–water partition coefficient (Wildman–Crippen LogP) is 0.709. The van der Waals surface area contributed by atoms with Gasteiger partial charge in [-0.05, 0) is 12.3 Å². The summed E-state index contributed by atoms with van der Waals surface area (Å²) in [7, 11) is 3.55. The zero-order valence-corrected chi connectivity index (χ0v) is 11.2. The van der Waals surface area contributed by atoms with E-state index >= 15 is 0 Å². The summed E-state index contributed by atoms with van der Waals surface area (Å²) >= 11 is 0. The number of aromatic nitrogens is 2. The Hall–Kier alpha value is -1.07. The summed E-state index contributed by atoms with van der Waals surface area (Å²) in [5, 5.41) is 16.7. The molecular weight excluding hydrogens is 218 g/mol. The lowest BCUT2D eigenvalue weighted by molar-refractivity contribution is 0.233. The van der Waals surface area contributed by atoms with Crippen molar-refractivity contribution >= 4 is 0 Å². The van der Waals surface area contributed by atoms with Gasteiger partial charge in [-0.25, -0.2) is 4.68 Å². The third kappa shape index (κ3) is 3.44. The molecule has 0 amide bonds. The Morgan fingerprint density at radius 3 is 2.76 bits per heavy atom. The predicted molar refractivity (Wildman–Crippen MR) is 67.1 cm³/mol. The Morgan fingerprint density at radius 1 is 1.53 bits per heavy atom. The first-order chi connectivity index (χ1) is 8.13. The van der Waals surface area contributed by atoms with Crippen molar-refractivity contribution in [3.8, 4) is 5.88 Å². The van der Waals surface area contributed by atoms with Crippen LogP contribution in [0.15, 0.2) is 0 Å². The molecule has 5 heteroatoms. The monoisotopic (exact) mass is 241 g/mol. The van der Waals surface area contributed by atoms with Crippen LogP contribution in [0.2, 0.25) is 0 Å². The molecule has 0 saturated carbocycles. The van der Waals surface area contributed by atoms with Gasteiger partial charge in [0.2, 0.25) is 5.88 Å². The molecule has 0 aliphatic heterocycles. The number of hydrogen-bond donors (Lipinski definition) is 2. The number of nitrogens with one attached hydrogen (secondary N) is 1. The maximum Gasteiger partial charge on any atom is 0.216 e. The van der Waals surface area contributed by atoms with Crippen molar-refractivity contribution in [2.45, 2.75) is 26.8 Å². The van der Waals surface area contributed by atoms with Crippen LogP contribution in [-0.2, 0) is 20.0 Å². The molecule has 98 valence electrons. The Balaban J connectivity index is 2.68. The van der Waals surface area contributed by atoms with E-state index in [0.29, 0.717) is 0 Å². The smallest absolute Gasteiger partial charge is 0.216 e. The van der Waals surface area contributed by atoms with Crippen molar-refractivity contribution in [1.29, 1.82) is 0 Å². The van der Waals surface area contributed by atoms with Gasteiger partial charge < -0.3 is 15.2 Å². The average molecular weight is 241 g/mol. The van der Waals surface area contributed by atoms with E-state index in [1.807, 2.05) is 14.0 Å². The van der Waals surface area contributed by atoms with E-state index in [0.717, 1.165) is 36.6 Å². The maximum absolute atomic E-state index is 8.96. The molecule has 5 nitrogen and oxygen atoms in total. The fourth-order valence-electron chi connectivity index (χ4n) is 1.83. The molecule has 1 heterocycles. The molecular formula is C12H23N3O2.